The fourth-order valence-electron chi connectivity index (χ4n) is 8.27. The van der Waals surface area contributed by atoms with E-state index in [4.69, 9.17) is 28.4 Å². The number of rotatable bonds is 16. The van der Waals surface area contributed by atoms with Crippen molar-refractivity contribution in [1.82, 2.24) is 10.2 Å². The lowest BCUT2D eigenvalue weighted by Gasteiger charge is -2.30. The molecule has 0 spiro atoms. The van der Waals surface area contributed by atoms with E-state index in [2.05, 4.69) is 36.7 Å². The number of benzene rings is 4. The zero-order valence-electron chi connectivity index (χ0n) is 40.3. The molecule has 1 heterocycles. The van der Waals surface area contributed by atoms with Gasteiger partial charge in [0.1, 0.15) is 36.5 Å². The van der Waals surface area contributed by atoms with E-state index in [0.717, 1.165) is 32.7 Å². The standard InChI is InChI=1S/C29H38N2O6.C25H30O5/c1-7-15-35-27(33)24-16-22(36-18-21-13-10-12-20-11-8-9-14-23(20)21)17-31(24)26(32)25(19(2)3)30-28(34)37-29(4,5)6;1-5-13-28-23(26)21-14-19(15-22(21)24(27)30-25(2,3)4)29-16-18-11-8-10-17-9-6-7-12-20(17)18/h7-14,19,22,24-25H,1,15-18H2,2-6H3,(H,30,34);5-12,19,21-22H,1,13-16H2,2-4H3/t22-,24-,25+;19-,21-,22?/m11/s1. The molecule has 1 aliphatic heterocycles. The van der Waals surface area contributed by atoms with Crippen LogP contribution in [0.5, 0.6) is 0 Å². The van der Waals surface area contributed by atoms with Crippen LogP contribution in [-0.4, -0.2) is 90.1 Å². The molecule has 2 fully saturated rings. The summed E-state index contributed by atoms with van der Waals surface area (Å²) in [6.45, 7) is 22.7. The summed E-state index contributed by atoms with van der Waals surface area (Å²) in [5, 5.41) is 7.19. The molecule has 1 saturated heterocycles. The maximum Gasteiger partial charge on any atom is 0.408 e. The molecular weight excluding hydrogens is 853 g/mol. The van der Waals surface area contributed by atoms with Crippen molar-refractivity contribution in [1.29, 1.82) is 0 Å². The van der Waals surface area contributed by atoms with Crippen LogP contribution in [0.15, 0.2) is 110 Å². The topological polar surface area (TPSA) is 156 Å². The molecule has 1 unspecified atom stereocenters. The van der Waals surface area contributed by atoms with Crippen LogP contribution in [0.2, 0.25) is 0 Å². The molecule has 13 nitrogen and oxygen atoms in total. The molecule has 2 amide bonds. The third kappa shape index (κ3) is 15.0. The summed E-state index contributed by atoms with van der Waals surface area (Å²) in [5.74, 6) is -3.06. The molecular formula is C54H68N2O11. The Labute approximate surface area is 395 Å². The highest BCUT2D eigenvalue weighted by atomic mass is 16.6. The maximum atomic E-state index is 13.6. The summed E-state index contributed by atoms with van der Waals surface area (Å²) in [4.78, 5) is 65.7. The lowest BCUT2D eigenvalue weighted by molar-refractivity contribution is -0.166. The number of fused-ring (bicyclic) bond motifs is 2. The van der Waals surface area contributed by atoms with E-state index in [0.29, 0.717) is 32.5 Å². The minimum atomic E-state index is -0.874. The SMILES string of the molecule is C=CCOC(=O)[C@@H]1C[C@@H](OCc2cccc3ccccc23)CC1C(=O)OC(C)(C)C.C=CCOC(=O)[C@H]1C[C@@H](OCc2cccc3ccccc23)CN1C(=O)[C@@H](NC(=O)OC(C)(C)C)C(C)C. The van der Waals surface area contributed by atoms with Gasteiger partial charge in [-0.2, -0.15) is 0 Å². The summed E-state index contributed by atoms with van der Waals surface area (Å²) in [5.41, 5.74) is 0.786. The minimum Gasteiger partial charge on any atom is -0.461 e. The Kier molecular flexibility index (Phi) is 18.3. The smallest absolute Gasteiger partial charge is 0.408 e. The van der Waals surface area contributed by atoms with Crippen LogP contribution in [0, 0.1) is 17.8 Å². The quantitative estimate of drug-likeness (QED) is 0.0649. The van der Waals surface area contributed by atoms with Crippen molar-refractivity contribution in [3.8, 4) is 0 Å². The minimum absolute atomic E-state index is 0.0443. The Hall–Kier alpha value is -6.05. The summed E-state index contributed by atoms with van der Waals surface area (Å²) < 4.78 is 33.8. The number of likely N-dealkylation sites (tertiary alicyclic amines) is 1. The molecule has 6 rings (SSSR count). The van der Waals surface area contributed by atoms with E-state index in [1.165, 1.54) is 17.1 Å². The van der Waals surface area contributed by atoms with Crippen LogP contribution in [0.3, 0.4) is 0 Å². The average Bonchev–Trinajstić information content (AvgIpc) is 3.92. The van der Waals surface area contributed by atoms with Crippen LogP contribution in [-0.2, 0) is 60.8 Å². The van der Waals surface area contributed by atoms with Crippen LogP contribution in [0.1, 0.15) is 85.8 Å². The van der Waals surface area contributed by atoms with Crippen LogP contribution < -0.4 is 5.32 Å². The van der Waals surface area contributed by atoms with Gasteiger partial charge in [-0.15, -0.1) is 0 Å². The predicted molar refractivity (Wildman–Crippen MR) is 258 cm³/mol. The van der Waals surface area contributed by atoms with E-state index in [1.54, 1.807) is 20.8 Å². The van der Waals surface area contributed by atoms with Gasteiger partial charge in [-0.1, -0.05) is 124 Å². The van der Waals surface area contributed by atoms with Crippen molar-refractivity contribution in [3.05, 3.63) is 121 Å². The van der Waals surface area contributed by atoms with E-state index >= 15 is 0 Å². The fourth-order valence-corrected chi connectivity index (χ4v) is 8.27. The summed E-state index contributed by atoms with van der Waals surface area (Å²) in [7, 11) is 0. The number of ether oxygens (including phenoxy) is 6. The largest absolute Gasteiger partial charge is 0.461 e. The van der Waals surface area contributed by atoms with Crippen molar-refractivity contribution in [2.75, 3.05) is 19.8 Å². The van der Waals surface area contributed by atoms with Gasteiger partial charge in [0.2, 0.25) is 5.91 Å². The van der Waals surface area contributed by atoms with Gasteiger partial charge in [0.05, 0.1) is 37.3 Å². The normalized spacial score (nSPS) is 19.8. The van der Waals surface area contributed by atoms with Crippen LogP contribution in [0.25, 0.3) is 21.5 Å². The van der Waals surface area contributed by atoms with Crippen molar-refractivity contribution in [3.63, 3.8) is 0 Å². The second kappa shape index (κ2) is 23.6. The number of nitrogens with zero attached hydrogens (tertiary/aromatic N) is 1. The van der Waals surface area contributed by atoms with E-state index in [1.807, 2.05) is 101 Å². The average molecular weight is 921 g/mol. The molecule has 0 aromatic heterocycles. The second-order valence-electron chi connectivity index (χ2n) is 19.3. The number of nitrogens with one attached hydrogen (secondary N) is 1. The van der Waals surface area contributed by atoms with Crippen LogP contribution in [0.4, 0.5) is 4.79 Å². The molecule has 4 aromatic rings. The van der Waals surface area contributed by atoms with Gasteiger partial charge in [-0.3, -0.25) is 14.4 Å². The zero-order valence-corrected chi connectivity index (χ0v) is 40.3. The number of hydrogen-bond acceptors (Lipinski definition) is 11. The lowest BCUT2D eigenvalue weighted by Crippen LogP contribution is -2.54. The Morgan fingerprint density at radius 1 is 0.642 bits per heavy atom. The highest BCUT2D eigenvalue weighted by Crippen LogP contribution is 2.37. The molecule has 0 bridgehead atoms. The number of alkyl carbamates (subject to hydrolysis) is 1. The number of carbonyl (C=O) groups excluding carboxylic acids is 5. The zero-order chi connectivity index (χ0) is 48.9. The van der Waals surface area contributed by atoms with Gasteiger partial charge in [-0.25, -0.2) is 9.59 Å². The van der Waals surface area contributed by atoms with Crippen molar-refractivity contribution in [2.45, 2.75) is 123 Å². The number of carbonyl (C=O) groups is 5. The molecule has 67 heavy (non-hydrogen) atoms. The first-order chi connectivity index (χ1) is 31.8. The van der Waals surface area contributed by atoms with Gasteiger partial charge in [0, 0.05) is 13.0 Å². The molecule has 4 aromatic carbocycles. The van der Waals surface area contributed by atoms with E-state index < -0.39 is 53.2 Å². The van der Waals surface area contributed by atoms with Gasteiger partial charge in [0.25, 0.3) is 0 Å². The fraction of sp³-hybridized carbons (Fsp3) is 0.463. The molecule has 360 valence electrons. The Morgan fingerprint density at radius 3 is 1.63 bits per heavy atom. The molecule has 2 aliphatic rings. The monoisotopic (exact) mass is 920 g/mol. The highest BCUT2D eigenvalue weighted by molar-refractivity contribution is 5.91. The Balaban J connectivity index is 0.000000256. The van der Waals surface area contributed by atoms with Crippen molar-refractivity contribution in [2.24, 2.45) is 17.8 Å². The first-order valence-electron chi connectivity index (χ1n) is 23.0. The third-order valence-corrected chi connectivity index (χ3v) is 11.4. The molecule has 1 aliphatic carbocycles. The summed E-state index contributed by atoms with van der Waals surface area (Å²) in [6.07, 6.45) is 2.88. The molecule has 1 N–H and O–H groups in total. The van der Waals surface area contributed by atoms with Crippen molar-refractivity contribution >= 4 is 51.5 Å². The molecule has 6 atom stereocenters. The number of hydrogen-bond donors (Lipinski definition) is 1. The number of amides is 2. The molecule has 1 saturated carbocycles. The second-order valence-corrected chi connectivity index (χ2v) is 19.3. The van der Waals surface area contributed by atoms with E-state index in [9.17, 15) is 24.0 Å². The van der Waals surface area contributed by atoms with Gasteiger partial charge in [0.15, 0.2) is 0 Å². The van der Waals surface area contributed by atoms with E-state index in [-0.39, 0.29) is 49.8 Å². The number of esters is 3. The third-order valence-electron chi connectivity index (χ3n) is 11.4. The van der Waals surface area contributed by atoms with Gasteiger partial charge < -0.3 is 38.6 Å². The maximum absolute atomic E-state index is 13.6. The van der Waals surface area contributed by atoms with Gasteiger partial charge >= 0.3 is 24.0 Å². The van der Waals surface area contributed by atoms with Gasteiger partial charge in [-0.05, 0) is 93.0 Å². The lowest BCUT2D eigenvalue weighted by atomic mass is 9.96. The summed E-state index contributed by atoms with van der Waals surface area (Å²) >= 11 is 0. The highest BCUT2D eigenvalue weighted by Gasteiger charge is 2.46. The van der Waals surface area contributed by atoms with Crippen LogP contribution >= 0.6 is 0 Å². The Morgan fingerprint density at radius 2 is 1.12 bits per heavy atom. The first-order valence-corrected chi connectivity index (χ1v) is 23.0. The Bertz CT molecular complexity index is 2350. The first kappa shape index (κ1) is 51.9. The summed E-state index contributed by atoms with van der Waals surface area (Å²) in [6, 6.07) is 26.7. The van der Waals surface area contributed by atoms with Crippen molar-refractivity contribution < 1.29 is 52.4 Å². The predicted octanol–water partition coefficient (Wildman–Crippen LogP) is 9.43. The molecule has 0 radical (unpaired) electrons. The molecule has 13 heteroatoms.